The highest BCUT2D eigenvalue weighted by atomic mass is 19.1. The van der Waals surface area contributed by atoms with Crippen molar-refractivity contribution in [3.05, 3.63) is 72.1 Å². The number of hydrogen-bond acceptors (Lipinski definition) is 4. The third kappa shape index (κ3) is 3.24. The molecule has 0 N–H and O–H groups in total. The van der Waals surface area contributed by atoms with E-state index in [-0.39, 0.29) is 17.8 Å². The molecule has 1 amide bonds. The smallest absolute Gasteiger partial charge is 0.272 e. The summed E-state index contributed by atoms with van der Waals surface area (Å²) in [6.07, 6.45) is 5.10. The summed E-state index contributed by atoms with van der Waals surface area (Å²) in [5, 5.41) is 4.21. The predicted octanol–water partition coefficient (Wildman–Crippen LogP) is 3.84. The molecule has 0 unspecified atom stereocenters. The van der Waals surface area contributed by atoms with Crippen molar-refractivity contribution in [1.29, 1.82) is 0 Å². The highest BCUT2D eigenvalue weighted by molar-refractivity contribution is 5.95. The lowest BCUT2D eigenvalue weighted by Crippen LogP contribution is -2.18. The van der Waals surface area contributed by atoms with Gasteiger partial charge in [0.2, 0.25) is 0 Å². The van der Waals surface area contributed by atoms with Crippen LogP contribution in [0.3, 0.4) is 0 Å². The molecular weight excluding hydrogens is 369 g/mol. The first-order valence-electron chi connectivity index (χ1n) is 9.40. The third-order valence-corrected chi connectivity index (χ3v) is 5.01. The number of halogens is 1. The molecule has 0 atom stereocenters. The average molecular weight is 386 g/mol. The number of imidazole rings is 1. The van der Waals surface area contributed by atoms with Gasteiger partial charge in [-0.15, -0.1) is 0 Å². The zero-order chi connectivity index (χ0) is 20.0. The second-order valence-corrected chi connectivity index (χ2v) is 7.18. The van der Waals surface area contributed by atoms with Crippen LogP contribution < -0.4 is 5.32 Å². The van der Waals surface area contributed by atoms with E-state index in [1.54, 1.807) is 24.5 Å². The summed E-state index contributed by atoms with van der Waals surface area (Å²) in [5.41, 5.74) is 4.95. The van der Waals surface area contributed by atoms with Crippen LogP contribution in [0.1, 0.15) is 28.8 Å². The maximum absolute atomic E-state index is 13.3. The molecule has 0 aliphatic heterocycles. The van der Waals surface area contributed by atoms with E-state index in [1.165, 1.54) is 18.5 Å². The molecule has 5 rings (SSSR count). The van der Waals surface area contributed by atoms with Gasteiger partial charge in [-0.05, 0) is 61.7 Å². The molecule has 0 bridgehead atoms. The van der Waals surface area contributed by atoms with Gasteiger partial charge in [0.1, 0.15) is 29.7 Å². The van der Waals surface area contributed by atoms with Gasteiger partial charge in [-0.1, -0.05) is 6.07 Å². The van der Waals surface area contributed by atoms with Crippen LogP contribution in [-0.2, 0) is 0 Å². The summed E-state index contributed by atoms with van der Waals surface area (Å²) in [6, 6.07) is 11.8. The maximum Gasteiger partial charge on any atom is 0.272 e. The topological polar surface area (TPSA) is 74.8 Å². The largest absolute Gasteiger partial charge is 0.283 e. The first-order chi connectivity index (χ1) is 14.1. The SMILES string of the molecule is Cc1ccc(C(=O)[N]C2CC2)cc1-n1cnc2c(-c3ccc(F)cc3)ncnc21. The van der Waals surface area contributed by atoms with Gasteiger partial charge in [0.15, 0.2) is 5.65 Å². The van der Waals surface area contributed by atoms with Crippen molar-refractivity contribution in [2.45, 2.75) is 25.8 Å². The van der Waals surface area contributed by atoms with Gasteiger partial charge >= 0.3 is 0 Å². The van der Waals surface area contributed by atoms with Crippen molar-refractivity contribution in [2.75, 3.05) is 0 Å². The lowest BCUT2D eigenvalue weighted by atomic mass is 10.1. The minimum atomic E-state index is -0.307. The molecule has 1 fully saturated rings. The van der Waals surface area contributed by atoms with Crippen LogP contribution >= 0.6 is 0 Å². The molecule has 2 aromatic heterocycles. The summed E-state index contributed by atoms with van der Waals surface area (Å²) in [6.45, 7) is 1.97. The monoisotopic (exact) mass is 386 g/mol. The van der Waals surface area contributed by atoms with E-state index >= 15 is 0 Å². The van der Waals surface area contributed by atoms with E-state index in [9.17, 15) is 9.18 Å². The zero-order valence-corrected chi connectivity index (χ0v) is 15.7. The number of rotatable bonds is 4. The summed E-state index contributed by atoms with van der Waals surface area (Å²) in [7, 11) is 0. The highest BCUT2D eigenvalue weighted by Crippen LogP contribution is 2.28. The number of fused-ring (bicyclic) bond motifs is 1. The highest BCUT2D eigenvalue weighted by Gasteiger charge is 2.26. The molecule has 143 valence electrons. The number of aromatic nitrogens is 4. The van der Waals surface area contributed by atoms with E-state index in [2.05, 4.69) is 20.3 Å². The van der Waals surface area contributed by atoms with Crippen LogP contribution in [0.5, 0.6) is 0 Å². The van der Waals surface area contributed by atoms with Crippen LogP contribution in [0.2, 0.25) is 0 Å². The Morgan fingerprint density at radius 2 is 1.90 bits per heavy atom. The normalized spacial score (nSPS) is 13.6. The summed E-state index contributed by atoms with van der Waals surface area (Å²) in [5.74, 6) is -0.502. The molecule has 29 heavy (non-hydrogen) atoms. The van der Waals surface area contributed by atoms with Crippen molar-refractivity contribution < 1.29 is 9.18 Å². The lowest BCUT2D eigenvalue weighted by molar-refractivity contribution is 0.0946. The van der Waals surface area contributed by atoms with Crippen molar-refractivity contribution in [3.8, 4) is 16.9 Å². The van der Waals surface area contributed by atoms with E-state index in [4.69, 9.17) is 0 Å². The second kappa shape index (κ2) is 6.77. The molecule has 0 spiro atoms. The van der Waals surface area contributed by atoms with Crippen LogP contribution in [0.25, 0.3) is 28.1 Å². The second-order valence-electron chi connectivity index (χ2n) is 7.18. The number of carbonyl (C=O) groups is 1. The average Bonchev–Trinajstić information content (AvgIpc) is 3.44. The number of benzene rings is 2. The fourth-order valence-electron chi connectivity index (χ4n) is 3.28. The summed E-state index contributed by atoms with van der Waals surface area (Å²) in [4.78, 5) is 25.7. The van der Waals surface area contributed by atoms with E-state index < -0.39 is 0 Å². The molecule has 2 heterocycles. The predicted molar refractivity (Wildman–Crippen MR) is 106 cm³/mol. The fourth-order valence-corrected chi connectivity index (χ4v) is 3.28. The molecular formula is C22H17FN5O. The minimum absolute atomic E-state index is 0.173. The van der Waals surface area contributed by atoms with Crippen LogP contribution in [-0.4, -0.2) is 31.5 Å². The Balaban J connectivity index is 1.60. The van der Waals surface area contributed by atoms with Gasteiger partial charge in [-0.25, -0.2) is 24.7 Å². The Morgan fingerprint density at radius 1 is 1.10 bits per heavy atom. The van der Waals surface area contributed by atoms with E-state index in [1.807, 2.05) is 23.6 Å². The van der Waals surface area contributed by atoms with Crippen molar-refractivity contribution in [3.63, 3.8) is 0 Å². The Morgan fingerprint density at radius 3 is 2.66 bits per heavy atom. The molecule has 4 aromatic rings. The van der Waals surface area contributed by atoms with Gasteiger partial charge < -0.3 is 0 Å². The van der Waals surface area contributed by atoms with Crippen LogP contribution in [0.4, 0.5) is 4.39 Å². The molecule has 6 nitrogen and oxygen atoms in total. The molecule has 2 aromatic carbocycles. The molecule has 7 heteroatoms. The van der Waals surface area contributed by atoms with E-state index in [0.717, 1.165) is 29.7 Å². The Hall–Kier alpha value is -3.61. The Labute approximate surface area is 166 Å². The minimum Gasteiger partial charge on any atom is -0.283 e. The fraction of sp³-hybridized carbons (Fsp3) is 0.182. The Bertz CT molecular complexity index is 1230. The number of aryl methyl sites for hydroxylation is 1. The standard InChI is InChI=1S/C22H17FN5O/c1-13-2-3-15(22(29)27-17-8-9-17)10-18(13)28-12-26-20-19(24-11-25-21(20)28)14-4-6-16(23)7-5-14/h2-7,10-12,17H,8-9H2,1H3. The van der Waals surface area contributed by atoms with Gasteiger partial charge in [-0.2, -0.15) is 0 Å². The molecule has 1 saturated carbocycles. The molecule has 1 radical (unpaired) electrons. The maximum atomic E-state index is 13.3. The van der Waals surface area contributed by atoms with Crippen LogP contribution in [0, 0.1) is 12.7 Å². The van der Waals surface area contributed by atoms with Gasteiger partial charge in [-0.3, -0.25) is 9.36 Å². The first-order valence-corrected chi connectivity index (χ1v) is 9.40. The first kappa shape index (κ1) is 17.5. The van der Waals surface area contributed by atoms with Crippen molar-refractivity contribution >= 4 is 17.1 Å². The van der Waals surface area contributed by atoms with Gasteiger partial charge in [0, 0.05) is 11.1 Å². The number of carbonyl (C=O) groups excluding carboxylic acids is 1. The number of hydrogen-bond donors (Lipinski definition) is 0. The summed E-state index contributed by atoms with van der Waals surface area (Å²) >= 11 is 0. The van der Waals surface area contributed by atoms with Gasteiger partial charge in [0.25, 0.3) is 5.91 Å². The lowest BCUT2D eigenvalue weighted by Gasteiger charge is -2.10. The molecule has 1 aliphatic carbocycles. The van der Waals surface area contributed by atoms with Crippen molar-refractivity contribution in [2.24, 2.45) is 0 Å². The van der Waals surface area contributed by atoms with Gasteiger partial charge in [0.05, 0.1) is 11.7 Å². The van der Waals surface area contributed by atoms with Crippen LogP contribution in [0.15, 0.2) is 55.1 Å². The van der Waals surface area contributed by atoms with Crippen molar-refractivity contribution in [1.82, 2.24) is 24.8 Å². The third-order valence-electron chi connectivity index (χ3n) is 5.01. The summed E-state index contributed by atoms with van der Waals surface area (Å²) < 4.78 is 15.1. The molecule has 0 saturated heterocycles. The quantitative estimate of drug-likeness (QED) is 0.534. The van der Waals surface area contributed by atoms with E-state index in [0.29, 0.717) is 22.4 Å². The number of amides is 1. The molecule has 1 aliphatic rings. The number of nitrogens with zero attached hydrogens (tertiary/aromatic N) is 5. The Kier molecular flexibility index (Phi) is 4.08. The zero-order valence-electron chi connectivity index (χ0n) is 15.7.